The molecule has 6 heteroatoms. The van der Waals surface area contributed by atoms with Crippen LogP contribution in [0.1, 0.15) is 47.4 Å². The standard InChI is InChI=1S/C25H30N2O4/c1-17(2)22(26-24(29)20-11-7-8-12-21(20)31-3)25(30)27-15-13-19(14-16-27)23(28)18-9-5-4-6-10-18/h4-12,17,19,22H,13-16H2,1-3H3,(H,26,29)/t22-/m0/s1. The van der Waals surface area contributed by atoms with E-state index in [0.29, 0.717) is 37.2 Å². The van der Waals surface area contributed by atoms with Gasteiger partial charge in [-0.25, -0.2) is 0 Å². The lowest BCUT2D eigenvalue weighted by Gasteiger charge is -2.35. The summed E-state index contributed by atoms with van der Waals surface area (Å²) in [6, 6.07) is 15.6. The van der Waals surface area contributed by atoms with Crippen LogP contribution in [-0.2, 0) is 4.79 Å². The average Bonchev–Trinajstić information content (AvgIpc) is 2.82. The normalized spacial score (nSPS) is 15.4. The average molecular weight is 423 g/mol. The fourth-order valence-corrected chi connectivity index (χ4v) is 3.96. The van der Waals surface area contributed by atoms with Crippen LogP contribution in [0.4, 0.5) is 0 Å². The number of hydrogen-bond acceptors (Lipinski definition) is 4. The number of methoxy groups -OCH3 is 1. The minimum absolute atomic E-state index is 0.0742. The molecule has 0 saturated carbocycles. The highest BCUT2D eigenvalue weighted by molar-refractivity contribution is 6.00. The van der Waals surface area contributed by atoms with Gasteiger partial charge < -0.3 is 15.0 Å². The van der Waals surface area contributed by atoms with Gasteiger partial charge >= 0.3 is 0 Å². The first kappa shape index (κ1) is 22.5. The van der Waals surface area contributed by atoms with Crippen LogP contribution in [0.15, 0.2) is 54.6 Å². The number of carbonyl (C=O) groups is 3. The second-order valence-corrected chi connectivity index (χ2v) is 8.23. The number of hydrogen-bond donors (Lipinski definition) is 1. The van der Waals surface area contributed by atoms with Gasteiger partial charge in [-0.3, -0.25) is 14.4 Å². The van der Waals surface area contributed by atoms with E-state index >= 15 is 0 Å². The highest BCUT2D eigenvalue weighted by Crippen LogP contribution is 2.23. The SMILES string of the molecule is COc1ccccc1C(=O)N[C@H](C(=O)N1CCC(C(=O)c2ccccc2)CC1)C(C)C. The molecule has 0 radical (unpaired) electrons. The van der Waals surface area contributed by atoms with E-state index in [-0.39, 0.29) is 29.4 Å². The molecule has 2 amide bonds. The highest BCUT2D eigenvalue weighted by Gasteiger charge is 2.33. The third kappa shape index (κ3) is 5.32. The zero-order chi connectivity index (χ0) is 22.4. The van der Waals surface area contributed by atoms with E-state index in [0.717, 1.165) is 5.56 Å². The van der Waals surface area contributed by atoms with Crippen LogP contribution in [-0.4, -0.2) is 48.7 Å². The molecular weight excluding hydrogens is 392 g/mol. The summed E-state index contributed by atoms with van der Waals surface area (Å²) in [5.41, 5.74) is 1.12. The third-order valence-corrected chi connectivity index (χ3v) is 5.81. The predicted molar refractivity (Wildman–Crippen MR) is 119 cm³/mol. The Kier molecular flexibility index (Phi) is 7.45. The van der Waals surface area contributed by atoms with Gasteiger partial charge in [0.25, 0.3) is 5.91 Å². The Balaban J connectivity index is 1.63. The summed E-state index contributed by atoms with van der Waals surface area (Å²) in [6.45, 7) is 4.85. The van der Waals surface area contributed by atoms with Gasteiger partial charge in [-0.2, -0.15) is 0 Å². The number of rotatable bonds is 7. The second kappa shape index (κ2) is 10.2. The summed E-state index contributed by atoms with van der Waals surface area (Å²) < 4.78 is 5.27. The van der Waals surface area contributed by atoms with Crippen LogP contribution >= 0.6 is 0 Å². The smallest absolute Gasteiger partial charge is 0.255 e. The molecule has 1 aliphatic heterocycles. The second-order valence-electron chi connectivity index (χ2n) is 8.23. The first-order chi connectivity index (χ1) is 14.9. The summed E-state index contributed by atoms with van der Waals surface area (Å²) in [5.74, 6) is 0.0113. The van der Waals surface area contributed by atoms with Crippen molar-refractivity contribution in [2.75, 3.05) is 20.2 Å². The number of amides is 2. The molecule has 0 bridgehead atoms. The van der Waals surface area contributed by atoms with Gasteiger partial charge in [0.1, 0.15) is 11.8 Å². The van der Waals surface area contributed by atoms with E-state index in [4.69, 9.17) is 4.74 Å². The first-order valence-electron chi connectivity index (χ1n) is 10.7. The molecule has 0 unspecified atom stereocenters. The number of para-hydroxylation sites is 1. The Bertz CT molecular complexity index is 918. The van der Waals surface area contributed by atoms with Gasteiger partial charge in [0, 0.05) is 24.6 Å². The molecule has 1 fully saturated rings. The molecule has 0 aliphatic carbocycles. The van der Waals surface area contributed by atoms with Crippen LogP contribution in [0.2, 0.25) is 0 Å². The van der Waals surface area contributed by atoms with Crippen LogP contribution in [0, 0.1) is 11.8 Å². The van der Waals surface area contributed by atoms with E-state index in [1.54, 1.807) is 29.2 Å². The summed E-state index contributed by atoms with van der Waals surface area (Å²) in [4.78, 5) is 40.5. The van der Waals surface area contributed by atoms with Crippen molar-refractivity contribution in [1.82, 2.24) is 10.2 Å². The molecule has 1 N–H and O–H groups in total. The van der Waals surface area contributed by atoms with Crippen LogP contribution < -0.4 is 10.1 Å². The van der Waals surface area contributed by atoms with Crippen molar-refractivity contribution in [3.63, 3.8) is 0 Å². The van der Waals surface area contributed by atoms with Crippen molar-refractivity contribution >= 4 is 17.6 Å². The van der Waals surface area contributed by atoms with Gasteiger partial charge in [0.15, 0.2) is 5.78 Å². The quantitative estimate of drug-likeness (QED) is 0.692. The molecule has 0 spiro atoms. The van der Waals surface area contributed by atoms with Gasteiger partial charge in [-0.05, 0) is 30.9 Å². The molecule has 3 rings (SSSR count). The molecule has 2 aromatic rings. The zero-order valence-electron chi connectivity index (χ0n) is 18.3. The van der Waals surface area contributed by atoms with Crippen molar-refractivity contribution in [3.05, 3.63) is 65.7 Å². The van der Waals surface area contributed by atoms with E-state index in [9.17, 15) is 14.4 Å². The van der Waals surface area contributed by atoms with E-state index in [2.05, 4.69) is 5.32 Å². The summed E-state index contributed by atoms with van der Waals surface area (Å²) in [7, 11) is 1.51. The van der Waals surface area contributed by atoms with Gasteiger partial charge in [0.2, 0.25) is 5.91 Å². The lowest BCUT2D eigenvalue weighted by Crippen LogP contribution is -2.53. The van der Waals surface area contributed by atoms with Crippen molar-refractivity contribution in [2.24, 2.45) is 11.8 Å². The topological polar surface area (TPSA) is 75.7 Å². The Labute approximate surface area is 183 Å². The number of ether oxygens (including phenoxy) is 1. The molecule has 1 saturated heterocycles. The first-order valence-corrected chi connectivity index (χ1v) is 10.7. The van der Waals surface area contributed by atoms with Crippen LogP contribution in [0.3, 0.4) is 0 Å². The van der Waals surface area contributed by atoms with Crippen molar-refractivity contribution < 1.29 is 19.1 Å². The molecule has 2 aromatic carbocycles. The number of nitrogens with one attached hydrogen (secondary N) is 1. The number of Topliss-reactive ketones (excluding diaryl/α,β-unsaturated/α-hetero) is 1. The maximum absolute atomic E-state index is 13.2. The number of carbonyl (C=O) groups excluding carboxylic acids is 3. The molecule has 6 nitrogen and oxygen atoms in total. The van der Waals surface area contributed by atoms with Crippen LogP contribution in [0.5, 0.6) is 5.75 Å². The molecule has 1 atom stereocenters. The maximum atomic E-state index is 13.2. The maximum Gasteiger partial charge on any atom is 0.255 e. The van der Waals surface area contributed by atoms with Gasteiger partial charge in [0.05, 0.1) is 12.7 Å². The minimum Gasteiger partial charge on any atom is -0.496 e. The molecule has 1 heterocycles. The predicted octanol–water partition coefficient (Wildman–Crippen LogP) is 3.57. The lowest BCUT2D eigenvalue weighted by molar-refractivity contribution is -0.135. The fourth-order valence-electron chi connectivity index (χ4n) is 3.96. The molecular formula is C25H30N2O4. The van der Waals surface area contributed by atoms with Gasteiger partial charge in [-0.15, -0.1) is 0 Å². The largest absolute Gasteiger partial charge is 0.496 e. The number of piperidine rings is 1. The van der Waals surface area contributed by atoms with Gasteiger partial charge in [-0.1, -0.05) is 56.3 Å². The summed E-state index contributed by atoms with van der Waals surface area (Å²) >= 11 is 0. The fraction of sp³-hybridized carbons (Fsp3) is 0.400. The number of ketones is 1. The molecule has 1 aliphatic rings. The highest BCUT2D eigenvalue weighted by atomic mass is 16.5. The number of benzene rings is 2. The Morgan fingerprint density at radius 1 is 0.968 bits per heavy atom. The number of nitrogens with zero attached hydrogens (tertiary/aromatic N) is 1. The lowest BCUT2D eigenvalue weighted by atomic mass is 9.88. The van der Waals surface area contributed by atoms with Crippen molar-refractivity contribution in [1.29, 1.82) is 0 Å². The van der Waals surface area contributed by atoms with Crippen molar-refractivity contribution in [3.8, 4) is 5.75 Å². The molecule has 31 heavy (non-hydrogen) atoms. The van der Waals surface area contributed by atoms with E-state index < -0.39 is 6.04 Å². The van der Waals surface area contributed by atoms with Crippen molar-refractivity contribution in [2.45, 2.75) is 32.7 Å². The summed E-state index contributed by atoms with van der Waals surface area (Å²) in [5, 5.41) is 2.89. The van der Waals surface area contributed by atoms with E-state index in [1.165, 1.54) is 7.11 Å². The van der Waals surface area contributed by atoms with E-state index in [1.807, 2.05) is 44.2 Å². The Hall–Kier alpha value is -3.15. The number of likely N-dealkylation sites (tertiary alicyclic amines) is 1. The Morgan fingerprint density at radius 2 is 1.58 bits per heavy atom. The minimum atomic E-state index is -0.640. The monoisotopic (exact) mass is 422 g/mol. The zero-order valence-corrected chi connectivity index (χ0v) is 18.3. The molecule has 0 aromatic heterocycles. The molecule has 164 valence electrons. The summed E-state index contributed by atoms with van der Waals surface area (Å²) in [6.07, 6.45) is 1.26. The Morgan fingerprint density at radius 3 is 2.19 bits per heavy atom. The third-order valence-electron chi connectivity index (χ3n) is 5.81. The van der Waals surface area contributed by atoms with Crippen LogP contribution in [0.25, 0.3) is 0 Å².